The zero-order valence-corrected chi connectivity index (χ0v) is 14.9. The van der Waals surface area contributed by atoms with Crippen LogP contribution >= 0.6 is 0 Å². The van der Waals surface area contributed by atoms with Crippen molar-refractivity contribution in [1.29, 1.82) is 0 Å². The van der Waals surface area contributed by atoms with Crippen molar-refractivity contribution in [1.82, 2.24) is 20.9 Å². The highest BCUT2D eigenvalue weighted by Gasteiger charge is 2.39. The van der Waals surface area contributed by atoms with Gasteiger partial charge < -0.3 is 15.5 Å². The summed E-state index contributed by atoms with van der Waals surface area (Å²) in [7, 11) is 0. The first-order valence-corrected chi connectivity index (χ1v) is 9.24. The van der Waals surface area contributed by atoms with Gasteiger partial charge in [0.1, 0.15) is 6.04 Å². The number of imide groups is 1. The molecular formula is C19H24N4O3. The molecule has 26 heavy (non-hydrogen) atoms. The summed E-state index contributed by atoms with van der Waals surface area (Å²) in [4.78, 5) is 38.0. The number of nitrogens with one attached hydrogen (secondary N) is 3. The molecular weight excluding hydrogens is 332 g/mol. The highest BCUT2D eigenvalue weighted by Crippen LogP contribution is 2.30. The van der Waals surface area contributed by atoms with Gasteiger partial charge in [-0.05, 0) is 36.1 Å². The van der Waals surface area contributed by atoms with E-state index in [1.165, 1.54) is 0 Å². The summed E-state index contributed by atoms with van der Waals surface area (Å²) in [5, 5.41) is 9.31. The maximum absolute atomic E-state index is 12.8. The number of benzene rings is 1. The van der Waals surface area contributed by atoms with Gasteiger partial charge in [-0.2, -0.15) is 0 Å². The second kappa shape index (κ2) is 6.81. The van der Waals surface area contributed by atoms with Crippen molar-refractivity contribution in [3.05, 3.63) is 34.9 Å². The normalized spacial score (nSPS) is 28.4. The highest BCUT2D eigenvalue weighted by molar-refractivity contribution is 6.05. The maximum atomic E-state index is 12.8. The van der Waals surface area contributed by atoms with Crippen LogP contribution in [0.3, 0.4) is 0 Å². The lowest BCUT2D eigenvalue weighted by atomic mass is 10.0. The number of carbonyl (C=O) groups excluding carboxylic acids is 3. The minimum Gasteiger partial charge on any atom is -0.322 e. The van der Waals surface area contributed by atoms with Crippen LogP contribution in [0.2, 0.25) is 0 Å². The van der Waals surface area contributed by atoms with Crippen molar-refractivity contribution in [2.24, 2.45) is 5.92 Å². The van der Waals surface area contributed by atoms with Gasteiger partial charge in [-0.1, -0.05) is 19.1 Å². The smallest absolute Gasteiger partial charge is 0.255 e. The van der Waals surface area contributed by atoms with E-state index >= 15 is 0 Å². The fourth-order valence-corrected chi connectivity index (χ4v) is 4.14. The number of rotatable bonds is 4. The summed E-state index contributed by atoms with van der Waals surface area (Å²) in [6, 6.07) is 5.63. The van der Waals surface area contributed by atoms with Crippen molar-refractivity contribution < 1.29 is 14.4 Å². The molecule has 3 amide bonds. The topological polar surface area (TPSA) is 90.5 Å². The summed E-state index contributed by atoms with van der Waals surface area (Å²) < 4.78 is 0. The van der Waals surface area contributed by atoms with E-state index in [1.807, 2.05) is 18.2 Å². The molecule has 1 aromatic rings. The van der Waals surface area contributed by atoms with E-state index in [4.69, 9.17) is 0 Å². The lowest BCUT2D eigenvalue weighted by Crippen LogP contribution is -2.52. The molecule has 0 aliphatic carbocycles. The third kappa shape index (κ3) is 3.01. The summed E-state index contributed by atoms with van der Waals surface area (Å²) in [6.07, 6.45) is 0.667. The zero-order chi connectivity index (χ0) is 18.3. The van der Waals surface area contributed by atoms with Gasteiger partial charge in [0.25, 0.3) is 5.91 Å². The Balaban J connectivity index is 1.50. The molecule has 0 bridgehead atoms. The van der Waals surface area contributed by atoms with Crippen molar-refractivity contribution in [2.45, 2.75) is 44.9 Å². The number of carbonyl (C=O) groups is 3. The van der Waals surface area contributed by atoms with Crippen molar-refractivity contribution in [3.8, 4) is 0 Å². The Kier molecular flexibility index (Phi) is 4.50. The molecule has 2 fully saturated rings. The Hall–Kier alpha value is -2.25. The van der Waals surface area contributed by atoms with Gasteiger partial charge in [0.2, 0.25) is 11.8 Å². The standard InChI is InChI=1S/C19H24N4O3/c1-11-7-20-9-15(11)21-8-12-3-2-4-13-14(12)10-23(19(13)26)16-5-6-17(24)22-18(16)25/h2-4,11,15-16,20-21H,5-10H2,1H3,(H,22,24,25)/t11-,15+,16?/m0/s1. The fourth-order valence-electron chi connectivity index (χ4n) is 4.14. The molecule has 1 aromatic carbocycles. The van der Waals surface area contributed by atoms with Gasteiger partial charge in [0.15, 0.2) is 0 Å². The molecule has 0 radical (unpaired) electrons. The summed E-state index contributed by atoms with van der Waals surface area (Å²) >= 11 is 0. The van der Waals surface area contributed by atoms with Gasteiger partial charge in [-0.15, -0.1) is 0 Å². The zero-order valence-electron chi connectivity index (χ0n) is 14.9. The van der Waals surface area contributed by atoms with E-state index < -0.39 is 6.04 Å². The average molecular weight is 356 g/mol. The van der Waals surface area contributed by atoms with Crippen LogP contribution in [0.15, 0.2) is 18.2 Å². The third-order valence-electron chi connectivity index (χ3n) is 5.75. The van der Waals surface area contributed by atoms with Crippen LogP contribution in [0.1, 0.15) is 41.3 Å². The molecule has 0 aromatic heterocycles. The Bertz CT molecular complexity index is 763. The molecule has 7 heteroatoms. The molecule has 3 N–H and O–H groups in total. The number of amides is 3. The molecule has 2 saturated heterocycles. The Labute approximate surface area is 152 Å². The minimum atomic E-state index is -0.563. The largest absolute Gasteiger partial charge is 0.322 e. The number of hydrogen-bond acceptors (Lipinski definition) is 5. The van der Waals surface area contributed by atoms with Crippen LogP contribution in [0.5, 0.6) is 0 Å². The lowest BCUT2D eigenvalue weighted by Gasteiger charge is -2.29. The SMILES string of the molecule is C[C@H]1CNC[C@H]1NCc1cccc2c1CN(C1CCC(=O)NC1=O)C2=O. The molecule has 4 rings (SSSR count). The Morgan fingerprint density at radius 3 is 2.81 bits per heavy atom. The number of piperidine rings is 1. The average Bonchev–Trinajstić information content (AvgIpc) is 3.17. The van der Waals surface area contributed by atoms with Crippen LogP contribution in [-0.4, -0.2) is 47.8 Å². The monoisotopic (exact) mass is 356 g/mol. The lowest BCUT2D eigenvalue weighted by molar-refractivity contribution is -0.136. The Morgan fingerprint density at radius 1 is 1.23 bits per heavy atom. The van der Waals surface area contributed by atoms with Crippen LogP contribution in [-0.2, 0) is 22.7 Å². The molecule has 1 unspecified atom stereocenters. The third-order valence-corrected chi connectivity index (χ3v) is 5.75. The second-order valence-corrected chi connectivity index (χ2v) is 7.47. The van der Waals surface area contributed by atoms with E-state index in [0.717, 1.165) is 24.2 Å². The summed E-state index contributed by atoms with van der Waals surface area (Å²) in [5.41, 5.74) is 2.77. The first-order valence-electron chi connectivity index (χ1n) is 9.24. The van der Waals surface area contributed by atoms with Crippen molar-refractivity contribution in [3.63, 3.8) is 0 Å². The van der Waals surface area contributed by atoms with E-state index in [-0.39, 0.29) is 24.1 Å². The molecule has 3 aliphatic rings. The molecule has 138 valence electrons. The predicted molar refractivity (Wildman–Crippen MR) is 95.1 cm³/mol. The van der Waals surface area contributed by atoms with Gasteiger partial charge in [-0.25, -0.2) is 0 Å². The van der Waals surface area contributed by atoms with Crippen LogP contribution in [0, 0.1) is 5.92 Å². The van der Waals surface area contributed by atoms with E-state index in [2.05, 4.69) is 22.9 Å². The molecule has 7 nitrogen and oxygen atoms in total. The minimum absolute atomic E-state index is 0.118. The number of fused-ring (bicyclic) bond motifs is 1. The number of hydrogen-bond donors (Lipinski definition) is 3. The molecule has 3 aliphatic heterocycles. The van der Waals surface area contributed by atoms with Gasteiger partial charge >= 0.3 is 0 Å². The van der Waals surface area contributed by atoms with Gasteiger partial charge in [0, 0.05) is 37.7 Å². The predicted octanol–water partition coefficient (Wildman–Crippen LogP) is 0.145. The van der Waals surface area contributed by atoms with Gasteiger partial charge in [-0.3, -0.25) is 19.7 Å². The van der Waals surface area contributed by atoms with E-state index in [9.17, 15) is 14.4 Å². The molecule has 0 spiro atoms. The summed E-state index contributed by atoms with van der Waals surface area (Å²) in [6.45, 7) is 5.33. The van der Waals surface area contributed by atoms with E-state index in [1.54, 1.807) is 4.90 Å². The van der Waals surface area contributed by atoms with E-state index in [0.29, 0.717) is 37.0 Å². The van der Waals surface area contributed by atoms with Crippen LogP contribution in [0.25, 0.3) is 0 Å². The second-order valence-electron chi connectivity index (χ2n) is 7.47. The van der Waals surface area contributed by atoms with Crippen LogP contribution < -0.4 is 16.0 Å². The summed E-state index contributed by atoms with van der Waals surface area (Å²) in [5.74, 6) is -0.173. The van der Waals surface area contributed by atoms with Crippen LogP contribution in [0.4, 0.5) is 0 Å². The maximum Gasteiger partial charge on any atom is 0.255 e. The Morgan fingerprint density at radius 2 is 2.08 bits per heavy atom. The van der Waals surface area contributed by atoms with Gasteiger partial charge in [0.05, 0.1) is 0 Å². The first kappa shape index (κ1) is 17.2. The fraction of sp³-hybridized carbons (Fsp3) is 0.526. The first-order chi connectivity index (χ1) is 12.5. The quantitative estimate of drug-likeness (QED) is 0.668. The molecule has 3 heterocycles. The number of nitrogens with zero attached hydrogens (tertiary/aromatic N) is 1. The molecule has 3 atom stereocenters. The van der Waals surface area contributed by atoms with Crippen molar-refractivity contribution >= 4 is 17.7 Å². The van der Waals surface area contributed by atoms with Crippen molar-refractivity contribution in [2.75, 3.05) is 13.1 Å². The molecule has 0 saturated carbocycles. The highest BCUT2D eigenvalue weighted by atomic mass is 16.2.